The number of hydrogen-bond donors (Lipinski definition) is 1. The van der Waals surface area contributed by atoms with Crippen LogP contribution in [0.3, 0.4) is 0 Å². The summed E-state index contributed by atoms with van der Waals surface area (Å²) < 4.78 is 0. The smallest absolute Gasteiger partial charge is 0.303 e. The van der Waals surface area contributed by atoms with Crippen molar-refractivity contribution < 1.29 is 9.90 Å². The van der Waals surface area contributed by atoms with Gasteiger partial charge in [-0.3, -0.25) is 4.79 Å². The Labute approximate surface area is 125 Å². The van der Waals surface area contributed by atoms with Gasteiger partial charge < -0.3 is 5.11 Å². The Morgan fingerprint density at radius 1 is 1.05 bits per heavy atom. The number of carbonyl (C=O) groups is 1. The minimum Gasteiger partial charge on any atom is -0.481 e. The summed E-state index contributed by atoms with van der Waals surface area (Å²) in [6.07, 6.45) is 15.0. The molecule has 0 rings (SSSR count). The first kappa shape index (κ1) is 19.2. The van der Waals surface area contributed by atoms with Crippen LogP contribution in [0, 0.1) is 5.92 Å². The van der Waals surface area contributed by atoms with E-state index >= 15 is 0 Å². The SMILES string of the molecule is CCCCCCCCC=C(C)C(C)CCCCC(=O)O. The van der Waals surface area contributed by atoms with Crippen molar-refractivity contribution in [1.82, 2.24) is 0 Å². The first-order chi connectivity index (χ1) is 9.57. The van der Waals surface area contributed by atoms with E-state index in [1.54, 1.807) is 0 Å². The molecule has 0 bridgehead atoms. The molecule has 1 atom stereocenters. The molecule has 0 aliphatic rings. The maximum Gasteiger partial charge on any atom is 0.303 e. The molecule has 20 heavy (non-hydrogen) atoms. The van der Waals surface area contributed by atoms with Crippen molar-refractivity contribution in [1.29, 1.82) is 0 Å². The van der Waals surface area contributed by atoms with Crippen LogP contribution in [0.5, 0.6) is 0 Å². The number of hydrogen-bond acceptors (Lipinski definition) is 1. The maximum absolute atomic E-state index is 10.4. The van der Waals surface area contributed by atoms with Gasteiger partial charge in [-0.2, -0.15) is 0 Å². The van der Waals surface area contributed by atoms with Gasteiger partial charge in [0.2, 0.25) is 0 Å². The summed E-state index contributed by atoms with van der Waals surface area (Å²) in [6.45, 7) is 6.73. The lowest BCUT2D eigenvalue weighted by Gasteiger charge is -2.12. The van der Waals surface area contributed by atoms with E-state index in [4.69, 9.17) is 5.11 Å². The van der Waals surface area contributed by atoms with Crippen molar-refractivity contribution in [3.05, 3.63) is 11.6 Å². The van der Waals surface area contributed by atoms with E-state index < -0.39 is 5.97 Å². The number of rotatable bonds is 13. The minimum atomic E-state index is -0.673. The lowest BCUT2D eigenvalue weighted by Crippen LogP contribution is -1.99. The molecule has 118 valence electrons. The second kappa shape index (κ2) is 13.2. The number of unbranched alkanes of at least 4 members (excludes halogenated alkanes) is 7. The normalized spacial score (nSPS) is 13.4. The zero-order valence-corrected chi connectivity index (χ0v) is 13.8. The molecule has 0 saturated carbocycles. The molecular formula is C18H34O2. The number of carboxylic acids is 1. The molecule has 0 aromatic heterocycles. The summed E-state index contributed by atoms with van der Waals surface area (Å²) in [4.78, 5) is 10.4. The molecule has 2 heteroatoms. The second-order valence-corrected chi connectivity index (χ2v) is 6.05. The zero-order valence-electron chi connectivity index (χ0n) is 13.8. The van der Waals surface area contributed by atoms with Crippen LogP contribution in [0.15, 0.2) is 11.6 Å². The molecule has 1 unspecified atom stereocenters. The topological polar surface area (TPSA) is 37.3 Å². The highest BCUT2D eigenvalue weighted by molar-refractivity contribution is 5.66. The Balaban J connectivity index is 3.58. The molecule has 0 aliphatic heterocycles. The molecule has 0 fully saturated rings. The first-order valence-corrected chi connectivity index (χ1v) is 8.46. The van der Waals surface area contributed by atoms with Gasteiger partial charge in [-0.05, 0) is 38.5 Å². The van der Waals surface area contributed by atoms with Gasteiger partial charge in [0.15, 0.2) is 0 Å². The van der Waals surface area contributed by atoms with E-state index in [0.717, 1.165) is 19.3 Å². The van der Waals surface area contributed by atoms with Crippen LogP contribution in [0.4, 0.5) is 0 Å². The van der Waals surface area contributed by atoms with Gasteiger partial charge in [0.1, 0.15) is 0 Å². The third-order valence-corrected chi connectivity index (χ3v) is 4.08. The number of aliphatic carboxylic acids is 1. The van der Waals surface area contributed by atoms with Crippen molar-refractivity contribution in [2.24, 2.45) is 5.92 Å². The highest BCUT2D eigenvalue weighted by atomic mass is 16.4. The summed E-state index contributed by atoms with van der Waals surface area (Å²) in [5, 5.41) is 8.60. The largest absolute Gasteiger partial charge is 0.481 e. The highest BCUT2D eigenvalue weighted by Crippen LogP contribution is 2.19. The molecule has 0 aliphatic carbocycles. The van der Waals surface area contributed by atoms with Crippen LogP contribution in [0.25, 0.3) is 0 Å². The van der Waals surface area contributed by atoms with E-state index in [1.807, 2.05) is 0 Å². The van der Waals surface area contributed by atoms with Crippen LogP contribution in [0.1, 0.15) is 91.4 Å². The third kappa shape index (κ3) is 12.3. The Bertz CT molecular complexity index is 269. The van der Waals surface area contributed by atoms with Crippen molar-refractivity contribution >= 4 is 5.97 Å². The average molecular weight is 282 g/mol. The van der Waals surface area contributed by atoms with E-state index in [1.165, 1.54) is 50.5 Å². The lowest BCUT2D eigenvalue weighted by molar-refractivity contribution is -0.137. The van der Waals surface area contributed by atoms with Crippen molar-refractivity contribution in [2.75, 3.05) is 0 Å². The quantitative estimate of drug-likeness (QED) is 0.334. The van der Waals surface area contributed by atoms with Crippen LogP contribution in [-0.2, 0) is 4.79 Å². The van der Waals surface area contributed by atoms with Crippen molar-refractivity contribution in [3.8, 4) is 0 Å². The Hall–Kier alpha value is -0.790. The summed E-state index contributed by atoms with van der Waals surface area (Å²) >= 11 is 0. The predicted octanol–water partition coefficient (Wildman–Crippen LogP) is 5.96. The molecule has 1 N–H and O–H groups in total. The molecule has 0 saturated heterocycles. The van der Waals surface area contributed by atoms with Gasteiger partial charge in [-0.25, -0.2) is 0 Å². The van der Waals surface area contributed by atoms with Crippen LogP contribution in [-0.4, -0.2) is 11.1 Å². The van der Waals surface area contributed by atoms with Crippen LogP contribution < -0.4 is 0 Å². The van der Waals surface area contributed by atoms with Gasteiger partial charge in [0.05, 0.1) is 0 Å². The lowest BCUT2D eigenvalue weighted by atomic mass is 9.94. The fraction of sp³-hybridized carbons (Fsp3) is 0.833. The van der Waals surface area contributed by atoms with Gasteiger partial charge in [0, 0.05) is 6.42 Å². The number of carboxylic acid groups (broad SMARTS) is 1. The summed E-state index contributed by atoms with van der Waals surface area (Å²) in [5.74, 6) is -0.0723. The van der Waals surface area contributed by atoms with Crippen molar-refractivity contribution in [2.45, 2.75) is 91.4 Å². The summed E-state index contributed by atoms with van der Waals surface area (Å²) in [5.41, 5.74) is 1.48. The molecule has 0 amide bonds. The van der Waals surface area contributed by atoms with Crippen molar-refractivity contribution in [3.63, 3.8) is 0 Å². The van der Waals surface area contributed by atoms with E-state index in [-0.39, 0.29) is 0 Å². The summed E-state index contributed by atoms with van der Waals surface area (Å²) in [7, 11) is 0. The molecule has 0 heterocycles. The molecule has 0 spiro atoms. The van der Waals surface area contributed by atoms with Crippen LogP contribution in [0.2, 0.25) is 0 Å². The Morgan fingerprint density at radius 3 is 2.35 bits per heavy atom. The van der Waals surface area contributed by atoms with E-state index in [2.05, 4.69) is 26.8 Å². The number of allylic oxidation sites excluding steroid dienone is 2. The van der Waals surface area contributed by atoms with E-state index in [9.17, 15) is 4.79 Å². The molecular weight excluding hydrogens is 248 g/mol. The molecule has 0 radical (unpaired) electrons. The first-order valence-electron chi connectivity index (χ1n) is 8.46. The van der Waals surface area contributed by atoms with E-state index in [0.29, 0.717) is 12.3 Å². The maximum atomic E-state index is 10.4. The fourth-order valence-electron chi connectivity index (χ4n) is 2.41. The zero-order chi connectivity index (χ0) is 15.2. The van der Waals surface area contributed by atoms with Gasteiger partial charge in [-0.15, -0.1) is 0 Å². The molecule has 0 aromatic rings. The minimum absolute atomic E-state index is 0.313. The average Bonchev–Trinajstić information content (AvgIpc) is 2.41. The Kier molecular flexibility index (Phi) is 12.7. The predicted molar refractivity (Wildman–Crippen MR) is 87.0 cm³/mol. The summed E-state index contributed by atoms with van der Waals surface area (Å²) in [6, 6.07) is 0. The Morgan fingerprint density at radius 2 is 1.70 bits per heavy atom. The monoisotopic (exact) mass is 282 g/mol. The van der Waals surface area contributed by atoms with Gasteiger partial charge in [-0.1, -0.05) is 64.0 Å². The molecule has 0 aromatic carbocycles. The van der Waals surface area contributed by atoms with Gasteiger partial charge in [0.25, 0.3) is 0 Å². The van der Waals surface area contributed by atoms with Gasteiger partial charge >= 0.3 is 5.97 Å². The molecule has 2 nitrogen and oxygen atoms in total. The standard InChI is InChI=1S/C18H34O2/c1-4-5-6-7-8-9-10-13-16(2)17(3)14-11-12-15-18(19)20/h13,17H,4-12,14-15H2,1-3H3,(H,19,20). The fourth-order valence-corrected chi connectivity index (χ4v) is 2.41. The highest BCUT2D eigenvalue weighted by Gasteiger charge is 2.04. The second-order valence-electron chi connectivity index (χ2n) is 6.05. The third-order valence-electron chi connectivity index (χ3n) is 4.08. The van der Waals surface area contributed by atoms with Crippen LogP contribution >= 0.6 is 0 Å².